The summed E-state index contributed by atoms with van der Waals surface area (Å²) in [6, 6.07) is 11.2. The molecule has 0 fully saturated rings. The van der Waals surface area contributed by atoms with E-state index in [2.05, 4.69) is 15.0 Å². The number of halogens is 2. The van der Waals surface area contributed by atoms with Crippen LogP contribution >= 0.6 is 0 Å². The lowest BCUT2D eigenvalue weighted by molar-refractivity contribution is 0.581. The quantitative estimate of drug-likeness (QED) is 0.500. The number of rotatable bonds is 4. The second-order valence-electron chi connectivity index (χ2n) is 6.72. The van der Waals surface area contributed by atoms with Crippen LogP contribution < -0.4 is 21.9 Å². The molecule has 0 radical (unpaired) electrons. The van der Waals surface area contributed by atoms with E-state index < -0.39 is 17.2 Å². The molecule has 4 aromatic rings. The lowest BCUT2D eigenvalue weighted by atomic mass is 10.2. The van der Waals surface area contributed by atoms with E-state index in [4.69, 9.17) is 11.5 Å². The van der Waals surface area contributed by atoms with Gasteiger partial charge in [0.15, 0.2) is 5.82 Å². The minimum atomic E-state index is -0.873. The van der Waals surface area contributed by atoms with Gasteiger partial charge in [-0.15, -0.1) is 0 Å². The van der Waals surface area contributed by atoms with Crippen LogP contribution in [0.2, 0.25) is 0 Å². The second kappa shape index (κ2) is 7.92. The van der Waals surface area contributed by atoms with Gasteiger partial charge in [-0.3, -0.25) is 9.69 Å². The van der Waals surface area contributed by atoms with Crippen LogP contribution in [0, 0.1) is 23.0 Å². The fraction of sp³-hybridized carbons (Fsp3) is 0.0952. The number of aromatic nitrogens is 4. The number of anilines is 4. The van der Waals surface area contributed by atoms with Gasteiger partial charge in [-0.2, -0.15) is 15.2 Å². The zero-order chi connectivity index (χ0) is 23.0. The van der Waals surface area contributed by atoms with Crippen LogP contribution in [0.3, 0.4) is 0 Å². The Balaban J connectivity index is 2.12. The first kappa shape index (κ1) is 20.7. The van der Waals surface area contributed by atoms with E-state index in [1.165, 1.54) is 4.90 Å². The molecule has 0 saturated heterocycles. The normalized spacial score (nSPS) is 10.8. The SMILES string of the molecule is CCN(c1nc(N)nc(N)c1C#N)c1nc2ccccc2c(=O)n1-c1cc(F)cc(F)c1. The minimum Gasteiger partial charge on any atom is -0.382 e. The van der Waals surface area contributed by atoms with Gasteiger partial charge >= 0.3 is 0 Å². The highest BCUT2D eigenvalue weighted by molar-refractivity contribution is 5.81. The molecule has 9 nitrogen and oxygen atoms in total. The Bertz CT molecular complexity index is 1440. The summed E-state index contributed by atoms with van der Waals surface area (Å²) in [6.07, 6.45) is 0. The molecule has 0 atom stereocenters. The van der Waals surface area contributed by atoms with E-state index in [-0.39, 0.29) is 46.7 Å². The van der Waals surface area contributed by atoms with Crippen molar-refractivity contribution in [3.8, 4) is 11.8 Å². The Morgan fingerprint density at radius 1 is 1.09 bits per heavy atom. The molecule has 2 aromatic carbocycles. The van der Waals surface area contributed by atoms with Gasteiger partial charge in [0.1, 0.15) is 29.1 Å². The molecule has 4 rings (SSSR count). The summed E-state index contributed by atoms with van der Waals surface area (Å²) in [5.41, 5.74) is 11.2. The number of hydrogen-bond donors (Lipinski definition) is 2. The predicted molar refractivity (Wildman–Crippen MR) is 116 cm³/mol. The maximum atomic E-state index is 14.0. The number of nitriles is 1. The van der Waals surface area contributed by atoms with Crippen LogP contribution in [0.5, 0.6) is 0 Å². The molecule has 0 spiro atoms. The van der Waals surface area contributed by atoms with Gasteiger partial charge in [0.05, 0.1) is 16.6 Å². The maximum Gasteiger partial charge on any atom is 0.267 e. The molecule has 0 bridgehead atoms. The second-order valence-corrected chi connectivity index (χ2v) is 6.72. The number of nitrogens with zero attached hydrogens (tertiary/aromatic N) is 6. The first-order valence-corrected chi connectivity index (χ1v) is 9.43. The lowest BCUT2D eigenvalue weighted by Gasteiger charge is -2.25. The van der Waals surface area contributed by atoms with Crippen molar-refractivity contribution in [1.29, 1.82) is 5.26 Å². The monoisotopic (exact) mass is 434 g/mol. The van der Waals surface area contributed by atoms with E-state index in [0.717, 1.165) is 16.7 Å². The lowest BCUT2D eigenvalue weighted by Crippen LogP contribution is -2.31. The van der Waals surface area contributed by atoms with E-state index >= 15 is 0 Å². The number of hydrogen-bond acceptors (Lipinski definition) is 8. The first-order chi connectivity index (χ1) is 15.3. The number of nitrogens with two attached hydrogens (primary N) is 2. The molecular weight excluding hydrogens is 418 g/mol. The van der Waals surface area contributed by atoms with Crippen molar-refractivity contribution >= 4 is 34.4 Å². The molecule has 0 saturated carbocycles. The molecule has 32 heavy (non-hydrogen) atoms. The average molecular weight is 434 g/mol. The highest BCUT2D eigenvalue weighted by atomic mass is 19.1. The van der Waals surface area contributed by atoms with Crippen LogP contribution in [0.25, 0.3) is 16.6 Å². The van der Waals surface area contributed by atoms with Gasteiger partial charge in [0.2, 0.25) is 11.9 Å². The molecule has 0 aliphatic heterocycles. The van der Waals surface area contributed by atoms with Crippen molar-refractivity contribution in [3.63, 3.8) is 0 Å². The molecule has 0 aliphatic rings. The van der Waals surface area contributed by atoms with Crippen molar-refractivity contribution in [1.82, 2.24) is 19.5 Å². The van der Waals surface area contributed by atoms with Gasteiger partial charge in [0.25, 0.3) is 5.56 Å². The summed E-state index contributed by atoms with van der Waals surface area (Å²) < 4.78 is 29.1. The number of nitrogen functional groups attached to an aromatic ring is 2. The Hall–Kier alpha value is -4.59. The van der Waals surface area contributed by atoms with E-state index in [1.807, 2.05) is 6.07 Å². The third-order valence-corrected chi connectivity index (χ3v) is 4.72. The van der Waals surface area contributed by atoms with Crippen molar-refractivity contribution in [2.24, 2.45) is 0 Å². The van der Waals surface area contributed by atoms with Crippen molar-refractivity contribution in [3.05, 3.63) is 70.0 Å². The average Bonchev–Trinajstić information content (AvgIpc) is 2.73. The summed E-state index contributed by atoms with van der Waals surface area (Å²) in [6.45, 7) is 1.88. The minimum absolute atomic E-state index is 0.00723. The number of benzene rings is 2. The summed E-state index contributed by atoms with van der Waals surface area (Å²) in [5.74, 6) is -2.12. The van der Waals surface area contributed by atoms with Gasteiger partial charge in [0, 0.05) is 12.6 Å². The fourth-order valence-electron chi connectivity index (χ4n) is 3.37. The number of fused-ring (bicyclic) bond motifs is 1. The molecular formula is C21H16F2N8O. The van der Waals surface area contributed by atoms with Gasteiger partial charge in [-0.25, -0.2) is 18.3 Å². The van der Waals surface area contributed by atoms with E-state index in [0.29, 0.717) is 11.6 Å². The van der Waals surface area contributed by atoms with Crippen LogP contribution in [0.1, 0.15) is 12.5 Å². The zero-order valence-electron chi connectivity index (χ0n) is 16.8. The molecule has 160 valence electrons. The molecule has 0 amide bonds. The Morgan fingerprint density at radius 2 is 1.78 bits per heavy atom. The summed E-state index contributed by atoms with van der Waals surface area (Å²) >= 11 is 0. The van der Waals surface area contributed by atoms with Crippen LogP contribution in [0.15, 0.2) is 47.3 Å². The predicted octanol–water partition coefficient (Wildman–Crippen LogP) is 2.65. The number of para-hydroxylation sites is 1. The summed E-state index contributed by atoms with van der Waals surface area (Å²) in [5, 5.41) is 9.84. The first-order valence-electron chi connectivity index (χ1n) is 9.43. The zero-order valence-corrected chi connectivity index (χ0v) is 16.8. The Morgan fingerprint density at radius 3 is 2.44 bits per heavy atom. The van der Waals surface area contributed by atoms with Crippen molar-refractivity contribution in [2.45, 2.75) is 6.92 Å². The topological polar surface area (TPSA) is 140 Å². The van der Waals surface area contributed by atoms with Crippen LogP contribution in [-0.4, -0.2) is 26.1 Å². The smallest absolute Gasteiger partial charge is 0.267 e. The van der Waals surface area contributed by atoms with Gasteiger partial charge in [-0.1, -0.05) is 12.1 Å². The highest BCUT2D eigenvalue weighted by Crippen LogP contribution is 2.30. The Kier molecular flexibility index (Phi) is 5.11. The van der Waals surface area contributed by atoms with Crippen molar-refractivity contribution < 1.29 is 8.78 Å². The summed E-state index contributed by atoms with van der Waals surface area (Å²) in [7, 11) is 0. The highest BCUT2D eigenvalue weighted by Gasteiger charge is 2.24. The fourth-order valence-corrected chi connectivity index (χ4v) is 3.37. The molecule has 4 N–H and O–H groups in total. The molecule has 2 heterocycles. The largest absolute Gasteiger partial charge is 0.382 e. The third kappa shape index (κ3) is 3.43. The third-order valence-electron chi connectivity index (χ3n) is 4.72. The molecule has 0 aliphatic carbocycles. The molecule has 0 unspecified atom stereocenters. The molecule has 11 heteroatoms. The maximum absolute atomic E-state index is 14.0. The molecule has 2 aromatic heterocycles. The van der Waals surface area contributed by atoms with Crippen LogP contribution in [-0.2, 0) is 0 Å². The van der Waals surface area contributed by atoms with Gasteiger partial charge in [-0.05, 0) is 31.2 Å². The van der Waals surface area contributed by atoms with E-state index in [1.54, 1.807) is 31.2 Å². The van der Waals surface area contributed by atoms with Crippen molar-refractivity contribution in [2.75, 3.05) is 22.9 Å². The Labute approximate surface area is 180 Å². The van der Waals surface area contributed by atoms with E-state index in [9.17, 15) is 18.8 Å². The van der Waals surface area contributed by atoms with Crippen LogP contribution in [0.4, 0.5) is 32.3 Å². The standard InChI is InChI=1S/C21H16F2N8O/c1-2-30(18-15(10-24)17(25)28-20(26)29-18)21-27-16-6-4-3-5-14(16)19(32)31(21)13-8-11(22)7-12(23)9-13/h3-9H,2H2,1H3,(H4,25,26,28,29). The summed E-state index contributed by atoms with van der Waals surface area (Å²) in [4.78, 5) is 27.3. The van der Waals surface area contributed by atoms with Gasteiger partial charge < -0.3 is 11.5 Å².